The molecule has 3 aliphatic rings. The lowest BCUT2D eigenvalue weighted by molar-refractivity contribution is 0.0792. The summed E-state index contributed by atoms with van der Waals surface area (Å²) in [5.41, 5.74) is 1.16. The lowest BCUT2D eigenvalue weighted by atomic mass is 10.2. The van der Waals surface area contributed by atoms with Crippen molar-refractivity contribution in [1.29, 1.82) is 0 Å². The number of nitrogens with zero attached hydrogens (tertiary/aromatic N) is 4. The molecule has 3 heterocycles. The highest BCUT2D eigenvalue weighted by atomic mass is 16.5. The minimum Gasteiger partial charge on any atom is -0.490 e. The fraction of sp³-hybridized carbons (Fsp3) is 0.727. The largest absolute Gasteiger partial charge is 0.490 e. The van der Waals surface area contributed by atoms with E-state index in [0.29, 0.717) is 6.61 Å². The molecule has 0 aromatic heterocycles. The van der Waals surface area contributed by atoms with Gasteiger partial charge in [0.15, 0.2) is 0 Å². The fourth-order valence-electron chi connectivity index (χ4n) is 3.65. The van der Waals surface area contributed by atoms with Crippen molar-refractivity contribution in [1.82, 2.24) is 14.7 Å². The summed E-state index contributed by atoms with van der Waals surface area (Å²) in [7, 11) is 4.33. The monoisotopic (exact) mass is 406 g/mol. The van der Waals surface area contributed by atoms with Crippen molar-refractivity contribution in [2.24, 2.45) is 0 Å². The van der Waals surface area contributed by atoms with Crippen LogP contribution in [-0.4, -0.2) is 121 Å². The van der Waals surface area contributed by atoms with Gasteiger partial charge in [0, 0.05) is 58.9 Å². The highest BCUT2D eigenvalue weighted by Gasteiger charge is 2.16. The molecule has 0 N–H and O–H groups in total. The van der Waals surface area contributed by atoms with Crippen LogP contribution in [0, 0.1) is 0 Å². The van der Waals surface area contributed by atoms with Crippen molar-refractivity contribution in [2.75, 3.05) is 111 Å². The van der Waals surface area contributed by atoms with Gasteiger partial charge in [-0.25, -0.2) is 0 Å². The molecule has 0 amide bonds. The van der Waals surface area contributed by atoms with Crippen LogP contribution in [0.3, 0.4) is 0 Å². The van der Waals surface area contributed by atoms with E-state index in [2.05, 4.69) is 58.0 Å². The number of likely N-dealkylation sites (N-methyl/N-ethyl adjacent to an activating group) is 2. The van der Waals surface area contributed by atoms with Crippen LogP contribution in [0.1, 0.15) is 0 Å². The van der Waals surface area contributed by atoms with Crippen LogP contribution in [0.25, 0.3) is 0 Å². The lowest BCUT2D eigenvalue weighted by Gasteiger charge is -2.31. The molecule has 164 valence electrons. The maximum Gasteiger partial charge on any atom is 0.142 e. The average molecular weight is 407 g/mol. The van der Waals surface area contributed by atoms with Gasteiger partial charge in [0.25, 0.3) is 0 Å². The standard InChI is InChI=1S/C22H38N4O3/c1-23-7-9-25-13-18-28-19-15-26(10-8-24(2)12-17-27-16-11-23)21-5-3-4-6-22(21)29-20-14-25/h3-6H,7-20H2,1-2H3. The van der Waals surface area contributed by atoms with Gasteiger partial charge in [0.1, 0.15) is 12.4 Å². The molecule has 1 fully saturated rings. The minimum atomic E-state index is 0.692. The number of para-hydroxylation sites is 2. The zero-order valence-electron chi connectivity index (χ0n) is 18.2. The molecular weight excluding hydrogens is 368 g/mol. The Morgan fingerprint density at radius 2 is 1.24 bits per heavy atom. The fourth-order valence-corrected chi connectivity index (χ4v) is 3.65. The van der Waals surface area contributed by atoms with Crippen LogP contribution in [-0.2, 0) is 9.47 Å². The lowest BCUT2D eigenvalue weighted by Crippen LogP contribution is -2.40. The Morgan fingerprint density at radius 1 is 0.621 bits per heavy atom. The Labute approximate surface area is 176 Å². The average Bonchev–Trinajstić information content (AvgIpc) is 2.72. The molecule has 3 aliphatic heterocycles. The molecule has 7 heteroatoms. The molecule has 1 atom stereocenters. The Kier molecular flexibility index (Phi) is 9.50. The molecule has 0 saturated carbocycles. The van der Waals surface area contributed by atoms with E-state index in [1.165, 1.54) is 0 Å². The van der Waals surface area contributed by atoms with Gasteiger partial charge in [0.05, 0.1) is 32.1 Å². The van der Waals surface area contributed by atoms with Crippen LogP contribution in [0.2, 0.25) is 0 Å². The van der Waals surface area contributed by atoms with E-state index in [4.69, 9.17) is 14.2 Å². The zero-order valence-corrected chi connectivity index (χ0v) is 18.2. The number of anilines is 1. The van der Waals surface area contributed by atoms with Gasteiger partial charge in [-0.05, 0) is 26.2 Å². The van der Waals surface area contributed by atoms with E-state index in [9.17, 15) is 0 Å². The van der Waals surface area contributed by atoms with E-state index >= 15 is 0 Å². The number of hydrogen-bond acceptors (Lipinski definition) is 7. The Morgan fingerprint density at radius 3 is 2.03 bits per heavy atom. The van der Waals surface area contributed by atoms with E-state index in [1.54, 1.807) is 0 Å². The van der Waals surface area contributed by atoms with Gasteiger partial charge in [-0.3, -0.25) is 4.90 Å². The number of ether oxygens (including phenoxy) is 3. The molecule has 7 nitrogen and oxygen atoms in total. The van der Waals surface area contributed by atoms with Gasteiger partial charge in [-0.15, -0.1) is 0 Å². The maximum absolute atomic E-state index is 6.25. The Hall–Kier alpha value is -1.38. The summed E-state index contributed by atoms with van der Waals surface area (Å²) >= 11 is 0. The number of benzene rings is 1. The van der Waals surface area contributed by atoms with Crippen LogP contribution >= 0.6 is 0 Å². The summed E-state index contributed by atoms with van der Waals surface area (Å²) < 4.78 is 18.1. The highest BCUT2D eigenvalue weighted by molar-refractivity contribution is 5.58. The number of rotatable bonds is 0. The highest BCUT2D eigenvalue weighted by Crippen LogP contribution is 2.28. The van der Waals surface area contributed by atoms with Gasteiger partial charge < -0.3 is 28.9 Å². The first-order chi connectivity index (χ1) is 14.2. The second-order valence-corrected chi connectivity index (χ2v) is 7.98. The summed E-state index contributed by atoms with van der Waals surface area (Å²) in [5.74, 6) is 0.970. The molecule has 4 rings (SSSR count). The third kappa shape index (κ3) is 7.75. The van der Waals surface area contributed by atoms with E-state index < -0.39 is 0 Å². The predicted molar refractivity (Wildman–Crippen MR) is 117 cm³/mol. The molecule has 1 aromatic rings. The smallest absolute Gasteiger partial charge is 0.142 e. The first-order valence-corrected chi connectivity index (χ1v) is 10.9. The van der Waals surface area contributed by atoms with E-state index in [1.807, 2.05) is 0 Å². The third-order valence-corrected chi connectivity index (χ3v) is 5.71. The minimum absolute atomic E-state index is 0.692. The van der Waals surface area contributed by atoms with Crippen molar-refractivity contribution in [3.8, 4) is 5.75 Å². The van der Waals surface area contributed by atoms with Gasteiger partial charge in [0.2, 0.25) is 0 Å². The first-order valence-electron chi connectivity index (χ1n) is 10.9. The maximum atomic E-state index is 6.25. The van der Waals surface area contributed by atoms with Gasteiger partial charge >= 0.3 is 0 Å². The SMILES string of the molecule is CN1CCOCCN(C)CCN2CCOCCN(CCOc3ccccc32)CC1. The summed E-state index contributed by atoms with van der Waals surface area (Å²) in [4.78, 5) is 9.52. The molecule has 0 spiro atoms. The van der Waals surface area contributed by atoms with E-state index in [-0.39, 0.29) is 0 Å². The summed E-state index contributed by atoms with van der Waals surface area (Å²) in [6, 6.07) is 8.40. The number of hydrogen-bond donors (Lipinski definition) is 0. The molecule has 0 radical (unpaired) electrons. The van der Waals surface area contributed by atoms with Gasteiger partial charge in [-0.1, -0.05) is 12.1 Å². The van der Waals surface area contributed by atoms with Crippen molar-refractivity contribution in [2.45, 2.75) is 0 Å². The Balaban J connectivity index is 1.76. The summed E-state index contributed by atoms with van der Waals surface area (Å²) in [6.07, 6.45) is 0. The summed E-state index contributed by atoms with van der Waals surface area (Å²) in [6.45, 7) is 12.3. The van der Waals surface area contributed by atoms with Crippen LogP contribution < -0.4 is 9.64 Å². The van der Waals surface area contributed by atoms with Crippen molar-refractivity contribution in [3.05, 3.63) is 24.3 Å². The molecule has 1 unspecified atom stereocenters. The predicted octanol–water partition coefficient (Wildman–Crippen LogP) is 1.10. The van der Waals surface area contributed by atoms with Crippen LogP contribution in [0.15, 0.2) is 24.3 Å². The summed E-state index contributed by atoms with van der Waals surface area (Å²) in [5, 5.41) is 0. The molecular formula is C22H38N4O3. The second kappa shape index (κ2) is 12.3. The van der Waals surface area contributed by atoms with E-state index in [0.717, 1.165) is 96.8 Å². The van der Waals surface area contributed by atoms with Crippen LogP contribution in [0.4, 0.5) is 5.69 Å². The molecule has 29 heavy (non-hydrogen) atoms. The normalized spacial score (nSPS) is 25.0. The third-order valence-electron chi connectivity index (χ3n) is 5.71. The molecule has 1 aromatic carbocycles. The van der Waals surface area contributed by atoms with Crippen molar-refractivity contribution < 1.29 is 14.2 Å². The quantitative estimate of drug-likeness (QED) is 0.598. The molecule has 0 aliphatic carbocycles. The topological polar surface area (TPSA) is 40.7 Å². The van der Waals surface area contributed by atoms with Gasteiger partial charge in [-0.2, -0.15) is 0 Å². The first kappa shape index (κ1) is 22.3. The van der Waals surface area contributed by atoms with Crippen molar-refractivity contribution in [3.63, 3.8) is 0 Å². The van der Waals surface area contributed by atoms with Crippen LogP contribution in [0.5, 0.6) is 5.75 Å². The molecule has 1 saturated heterocycles. The molecule has 2 bridgehead atoms. The second-order valence-electron chi connectivity index (χ2n) is 7.98. The zero-order chi connectivity index (χ0) is 20.3. The number of fused-ring (bicyclic) bond motifs is 16. The Bertz CT molecular complexity index is 589. The van der Waals surface area contributed by atoms with Crippen molar-refractivity contribution >= 4 is 5.69 Å².